The molecule has 0 heterocycles. The van der Waals surface area contributed by atoms with E-state index in [0.29, 0.717) is 11.1 Å². The molecule has 0 saturated carbocycles. The summed E-state index contributed by atoms with van der Waals surface area (Å²) in [5, 5.41) is 0. The number of hydrogen-bond donors (Lipinski definition) is 0. The van der Waals surface area contributed by atoms with Gasteiger partial charge in [-0.3, -0.25) is 0 Å². The average Bonchev–Trinajstić information content (AvgIpc) is 2.26. The number of allylic oxidation sites excluding steroid dienone is 9. The topological polar surface area (TPSA) is 0 Å². The maximum atomic E-state index is 13.5. The van der Waals surface area contributed by atoms with E-state index in [0.717, 1.165) is 0 Å². The fourth-order valence-electron chi connectivity index (χ4n) is 1.22. The van der Waals surface area contributed by atoms with Crippen molar-refractivity contribution in [1.82, 2.24) is 0 Å². The number of halogens is 2. The number of rotatable bonds is 5. The second kappa shape index (κ2) is 7.80. The van der Waals surface area contributed by atoms with Gasteiger partial charge in [-0.15, -0.1) is 0 Å². The van der Waals surface area contributed by atoms with Crippen LogP contribution in [0.1, 0.15) is 20.8 Å². The molecular weight excluding hydrogens is 206 g/mol. The van der Waals surface area contributed by atoms with Crippen molar-refractivity contribution in [2.75, 3.05) is 6.67 Å². The quantitative estimate of drug-likeness (QED) is 0.586. The van der Waals surface area contributed by atoms with Crippen molar-refractivity contribution >= 4 is 0 Å². The van der Waals surface area contributed by atoms with Gasteiger partial charge in [0.05, 0.1) is 0 Å². The zero-order valence-electron chi connectivity index (χ0n) is 10.1. The Bertz CT molecular complexity index is 355. The van der Waals surface area contributed by atoms with Crippen LogP contribution in [-0.4, -0.2) is 6.67 Å². The molecule has 2 heteroatoms. The van der Waals surface area contributed by atoms with Gasteiger partial charge in [0.15, 0.2) is 0 Å². The highest BCUT2D eigenvalue weighted by Gasteiger charge is 2.09. The molecule has 0 atom stereocenters. The van der Waals surface area contributed by atoms with Gasteiger partial charge in [0.25, 0.3) is 0 Å². The maximum Gasteiger partial charge on any atom is 0.126 e. The zero-order chi connectivity index (χ0) is 12.6. The van der Waals surface area contributed by atoms with Gasteiger partial charge >= 0.3 is 0 Å². The van der Waals surface area contributed by atoms with Crippen LogP contribution in [0, 0.1) is 0 Å². The molecule has 0 fully saturated rings. The summed E-state index contributed by atoms with van der Waals surface area (Å²) in [6.45, 7) is 8.27. The Labute approximate surface area is 96.4 Å². The predicted molar refractivity (Wildman–Crippen MR) is 66.6 cm³/mol. The molecule has 0 nitrogen and oxygen atoms in total. The van der Waals surface area contributed by atoms with Gasteiger partial charge in [0.2, 0.25) is 0 Å². The highest BCUT2D eigenvalue weighted by molar-refractivity contribution is 5.53. The van der Waals surface area contributed by atoms with E-state index in [2.05, 4.69) is 6.58 Å². The Hall–Kier alpha value is -1.44. The maximum absolute atomic E-state index is 13.5. The smallest absolute Gasteiger partial charge is 0.126 e. The molecule has 0 unspecified atom stereocenters. The van der Waals surface area contributed by atoms with E-state index >= 15 is 0 Å². The molecule has 0 saturated heterocycles. The van der Waals surface area contributed by atoms with Gasteiger partial charge in [-0.25, -0.2) is 8.78 Å². The molecule has 0 aliphatic rings. The summed E-state index contributed by atoms with van der Waals surface area (Å²) in [6, 6.07) is 0. The molecule has 0 aliphatic carbocycles. The van der Waals surface area contributed by atoms with E-state index in [1.54, 1.807) is 26.0 Å². The van der Waals surface area contributed by atoms with Crippen molar-refractivity contribution in [3.05, 3.63) is 59.5 Å². The number of alkyl halides is 1. The van der Waals surface area contributed by atoms with E-state index in [-0.39, 0.29) is 5.57 Å². The summed E-state index contributed by atoms with van der Waals surface area (Å²) < 4.78 is 25.9. The van der Waals surface area contributed by atoms with Crippen molar-refractivity contribution in [3.63, 3.8) is 0 Å². The predicted octanol–water partition coefficient (Wildman–Crippen LogP) is 4.83. The summed E-state index contributed by atoms with van der Waals surface area (Å²) in [7, 11) is 0. The van der Waals surface area contributed by atoms with Gasteiger partial charge in [0.1, 0.15) is 12.5 Å². The standard InChI is InChI=1S/C14H18F2/c1-5-7-8-12(11(3)4)13(9-10-15)14(16)6-2/h5-9H,3,10H2,1-2,4H3/b7-5-,12-8+,13-9-,14-6+. The van der Waals surface area contributed by atoms with Crippen LogP contribution in [-0.2, 0) is 0 Å². The first-order valence-corrected chi connectivity index (χ1v) is 5.16. The van der Waals surface area contributed by atoms with E-state index in [1.165, 1.54) is 12.2 Å². The largest absolute Gasteiger partial charge is 0.247 e. The molecule has 0 N–H and O–H groups in total. The molecule has 0 aromatic heterocycles. The zero-order valence-corrected chi connectivity index (χ0v) is 10.1. The Balaban J connectivity index is 5.46. The van der Waals surface area contributed by atoms with Crippen LogP contribution < -0.4 is 0 Å². The highest BCUT2D eigenvalue weighted by atomic mass is 19.1. The van der Waals surface area contributed by atoms with Crippen molar-refractivity contribution in [3.8, 4) is 0 Å². The summed E-state index contributed by atoms with van der Waals surface area (Å²) >= 11 is 0. The van der Waals surface area contributed by atoms with Crippen LogP contribution in [0.5, 0.6) is 0 Å². The monoisotopic (exact) mass is 224 g/mol. The molecule has 0 amide bonds. The third-order valence-corrected chi connectivity index (χ3v) is 2.00. The lowest BCUT2D eigenvalue weighted by Gasteiger charge is -2.09. The third kappa shape index (κ3) is 4.39. The minimum absolute atomic E-state index is 0.260. The Morgan fingerprint density at radius 2 is 1.88 bits per heavy atom. The minimum atomic E-state index is -0.697. The first-order valence-electron chi connectivity index (χ1n) is 5.16. The normalized spacial score (nSPS) is 14.7. The van der Waals surface area contributed by atoms with Gasteiger partial charge in [-0.05, 0) is 32.4 Å². The van der Waals surface area contributed by atoms with Crippen LogP contribution in [0.3, 0.4) is 0 Å². The van der Waals surface area contributed by atoms with Crippen molar-refractivity contribution < 1.29 is 8.78 Å². The molecule has 0 aliphatic heterocycles. The van der Waals surface area contributed by atoms with E-state index < -0.39 is 12.5 Å². The lowest BCUT2D eigenvalue weighted by molar-refractivity contribution is 0.557. The van der Waals surface area contributed by atoms with Crippen LogP contribution >= 0.6 is 0 Å². The molecule has 0 aromatic carbocycles. The Morgan fingerprint density at radius 1 is 1.25 bits per heavy atom. The van der Waals surface area contributed by atoms with Crippen molar-refractivity contribution in [1.29, 1.82) is 0 Å². The molecule has 0 rings (SSSR count). The van der Waals surface area contributed by atoms with E-state index in [4.69, 9.17) is 0 Å². The summed E-state index contributed by atoms with van der Waals surface area (Å²) in [5.74, 6) is -0.434. The summed E-state index contributed by atoms with van der Waals surface area (Å²) in [5.41, 5.74) is 1.58. The average molecular weight is 224 g/mol. The van der Waals surface area contributed by atoms with Gasteiger partial charge in [-0.2, -0.15) is 0 Å². The fraction of sp³-hybridized carbons (Fsp3) is 0.286. The van der Waals surface area contributed by atoms with Gasteiger partial charge < -0.3 is 0 Å². The minimum Gasteiger partial charge on any atom is -0.247 e. The number of hydrogen-bond acceptors (Lipinski definition) is 0. The molecular formula is C14H18F2. The molecule has 16 heavy (non-hydrogen) atoms. The van der Waals surface area contributed by atoms with Crippen LogP contribution in [0.2, 0.25) is 0 Å². The van der Waals surface area contributed by atoms with Crippen LogP contribution in [0.15, 0.2) is 59.5 Å². The first-order chi connectivity index (χ1) is 7.58. The van der Waals surface area contributed by atoms with E-state index in [1.807, 2.05) is 13.0 Å². The third-order valence-electron chi connectivity index (χ3n) is 2.00. The second-order valence-electron chi connectivity index (χ2n) is 3.30. The van der Waals surface area contributed by atoms with Crippen LogP contribution in [0.4, 0.5) is 8.78 Å². The highest BCUT2D eigenvalue weighted by Crippen LogP contribution is 2.25. The lowest BCUT2D eigenvalue weighted by atomic mass is 9.98. The lowest BCUT2D eigenvalue weighted by Crippen LogP contribution is -1.93. The Morgan fingerprint density at radius 3 is 2.25 bits per heavy atom. The van der Waals surface area contributed by atoms with Crippen molar-refractivity contribution in [2.45, 2.75) is 20.8 Å². The van der Waals surface area contributed by atoms with Crippen molar-refractivity contribution in [2.24, 2.45) is 0 Å². The SMILES string of the molecule is C=C(C)C(=C\C=C/C)/C(=C/CF)C(/F)=C\C. The molecule has 0 bridgehead atoms. The molecule has 0 aromatic rings. The molecule has 0 radical (unpaired) electrons. The fourth-order valence-corrected chi connectivity index (χ4v) is 1.22. The second-order valence-corrected chi connectivity index (χ2v) is 3.30. The molecule has 0 spiro atoms. The van der Waals surface area contributed by atoms with Gasteiger partial charge in [-0.1, -0.05) is 36.5 Å². The van der Waals surface area contributed by atoms with E-state index in [9.17, 15) is 8.78 Å². The summed E-state index contributed by atoms with van der Waals surface area (Å²) in [6.07, 6.45) is 7.86. The summed E-state index contributed by atoms with van der Waals surface area (Å²) in [4.78, 5) is 0. The van der Waals surface area contributed by atoms with Gasteiger partial charge in [0, 0.05) is 5.57 Å². The van der Waals surface area contributed by atoms with Crippen LogP contribution in [0.25, 0.3) is 0 Å². The first kappa shape index (κ1) is 14.6. The Kier molecular flexibility index (Phi) is 7.10. The molecule has 88 valence electrons.